The van der Waals surface area contributed by atoms with Gasteiger partial charge in [-0.1, -0.05) is 36.7 Å². The molecule has 1 atom stereocenters. The molecule has 2 aromatic heterocycles. The Kier molecular flexibility index (Phi) is 3.74. The first-order chi connectivity index (χ1) is 11.1. The summed E-state index contributed by atoms with van der Waals surface area (Å²) in [4.78, 5) is 19.8. The molecule has 0 amide bonds. The number of fused-ring (bicyclic) bond motifs is 3. The zero-order chi connectivity index (χ0) is 16.0. The smallest absolute Gasteiger partial charge is 0.262 e. The van der Waals surface area contributed by atoms with Gasteiger partial charge in [0.25, 0.3) is 5.56 Å². The molecular formula is C18H17ClN2OS. The third kappa shape index (κ3) is 2.50. The van der Waals surface area contributed by atoms with Gasteiger partial charge in [0.2, 0.25) is 0 Å². The van der Waals surface area contributed by atoms with E-state index in [0.717, 1.165) is 28.6 Å². The van der Waals surface area contributed by atoms with Gasteiger partial charge in [-0.15, -0.1) is 11.3 Å². The van der Waals surface area contributed by atoms with E-state index < -0.39 is 0 Å². The summed E-state index contributed by atoms with van der Waals surface area (Å²) in [6.45, 7) is 2.68. The molecule has 0 radical (unpaired) electrons. The van der Waals surface area contributed by atoms with Crippen LogP contribution in [-0.4, -0.2) is 9.55 Å². The Labute approximate surface area is 143 Å². The summed E-state index contributed by atoms with van der Waals surface area (Å²) in [5.74, 6) is 0.443. The number of hydrogen-bond donors (Lipinski definition) is 0. The summed E-state index contributed by atoms with van der Waals surface area (Å²) >= 11 is 7.91. The number of aryl methyl sites for hydroxylation is 1. The highest BCUT2D eigenvalue weighted by atomic mass is 35.5. The van der Waals surface area contributed by atoms with Gasteiger partial charge in [-0.2, -0.15) is 0 Å². The predicted octanol–water partition coefficient (Wildman–Crippen LogP) is 4.60. The lowest BCUT2D eigenvalue weighted by Crippen LogP contribution is -2.22. The second kappa shape index (κ2) is 5.77. The Morgan fingerprint density at radius 1 is 1.39 bits per heavy atom. The van der Waals surface area contributed by atoms with Crippen LogP contribution in [0.4, 0.5) is 0 Å². The Hall–Kier alpha value is -1.65. The SMILES string of the molecule is CC1CCCc2sc3ncn(Cc4ccccc4Cl)c(=O)c3c21. The lowest BCUT2D eigenvalue weighted by molar-refractivity contribution is 0.601. The van der Waals surface area contributed by atoms with E-state index in [2.05, 4.69) is 11.9 Å². The summed E-state index contributed by atoms with van der Waals surface area (Å²) in [7, 11) is 0. The van der Waals surface area contributed by atoms with Crippen LogP contribution in [0.1, 0.15) is 41.7 Å². The Balaban J connectivity index is 1.87. The van der Waals surface area contributed by atoms with Crippen LogP contribution in [0.25, 0.3) is 10.2 Å². The van der Waals surface area contributed by atoms with Gasteiger partial charge in [0.15, 0.2) is 0 Å². The molecule has 4 rings (SSSR count). The number of hydrogen-bond acceptors (Lipinski definition) is 3. The van der Waals surface area contributed by atoms with Crippen LogP contribution in [0.2, 0.25) is 5.02 Å². The number of thiophene rings is 1. The third-order valence-electron chi connectivity index (χ3n) is 4.62. The molecule has 3 nitrogen and oxygen atoms in total. The van der Waals surface area contributed by atoms with E-state index in [9.17, 15) is 4.79 Å². The summed E-state index contributed by atoms with van der Waals surface area (Å²) in [5.41, 5.74) is 2.23. The maximum Gasteiger partial charge on any atom is 0.262 e. The van der Waals surface area contributed by atoms with Crippen LogP contribution in [0.3, 0.4) is 0 Å². The molecule has 5 heteroatoms. The van der Waals surface area contributed by atoms with Gasteiger partial charge in [-0.3, -0.25) is 9.36 Å². The first kappa shape index (κ1) is 14.9. The van der Waals surface area contributed by atoms with Gasteiger partial charge < -0.3 is 0 Å². The molecule has 2 heterocycles. The zero-order valence-corrected chi connectivity index (χ0v) is 14.5. The van der Waals surface area contributed by atoms with E-state index in [-0.39, 0.29) is 5.56 Å². The summed E-state index contributed by atoms with van der Waals surface area (Å²) < 4.78 is 1.68. The average Bonchev–Trinajstić information content (AvgIpc) is 2.93. The third-order valence-corrected chi connectivity index (χ3v) is 6.17. The Morgan fingerprint density at radius 3 is 3.04 bits per heavy atom. The summed E-state index contributed by atoms with van der Waals surface area (Å²) in [6.07, 6.45) is 5.08. The highest BCUT2D eigenvalue weighted by Gasteiger charge is 2.24. The molecule has 1 unspecified atom stereocenters. The van der Waals surface area contributed by atoms with Gasteiger partial charge in [-0.25, -0.2) is 4.98 Å². The molecule has 0 fully saturated rings. The van der Waals surface area contributed by atoms with Crippen molar-refractivity contribution in [2.75, 3.05) is 0 Å². The monoisotopic (exact) mass is 344 g/mol. The van der Waals surface area contributed by atoms with Crippen molar-refractivity contribution in [3.8, 4) is 0 Å². The summed E-state index contributed by atoms with van der Waals surface area (Å²) in [5, 5.41) is 1.51. The van der Waals surface area contributed by atoms with E-state index in [1.807, 2.05) is 24.3 Å². The highest BCUT2D eigenvalue weighted by Crippen LogP contribution is 2.39. The Morgan fingerprint density at radius 2 is 2.22 bits per heavy atom. The number of halogens is 1. The topological polar surface area (TPSA) is 34.9 Å². The van der Waals surface area contributed by atoms with Crippen molar-refractivity contribution in [2.45, 2.75) is 38.6 Å². The van der Waals surface area contributed by atoms with Crippen molar-refractivity contribution in [2.24, 2.45) is 0 Å². The molecule has 23 heavy (non-hydrogen) atoms. The van der Waals surface area contributed by atoms with Gasteiger partial charge in [-0.05, 0) is 42.4 Å². The van der Waals surface area contributed by atoms with Crippen molar-refractivity contribution >= 4 is 33.2 Å². The number of nitrogens with zero attached hydrogens (tertiary/aromatic N) is 2. The molecular weight excluding hydrogens is 328 g/mol. The van der Waals surface area contributed by atoms with Crippen LogP contribution >= 0.6 is 22.9 Å². The molecule has 1 aromatic carbocycles. The highest BCUT2D eigenvalue weighted by molar-refractivity contribution is 7.18. The quantitative estimate of drug-likeness (QED) is 0.681. The standard InChI is InChI=1S/C18H17ClN2OS/c1-11-5-4-8-14-15(11)16-17(23-14)20-10-21(18(16)22)9-12-6-2-3-7-13(12)19/h2-3,6-7,10-11H,4-5,8-9H2,1H3. The van der Waals surface area contributed by atoms with Crippen molar-refractivity contribution in [1.29, 1.82) is 0 Å². The second-order valence-corrected chi connectivity index (χ2v) is 7.67. The van der Waals surface area contributed by atoms with Crippen molar-refractivity contribution < 1.29 is 0 Å². The minimum Gasteiger partial charge on any atom is -0.294 e. The minimum atomic E-state index is 0.0566. The van der Waals surface area contributed by atoms with Crippen LogP contribution in [-0.2, 0) is 13.0 Å². The van der Waals surface area contributed by atoms with Gasteiger partial charge in [0.05, 0.1) is 18.3 Å². The van der Waals surface area contributed by atoms with Crippen molar-refractivity contribution in [1.82, 2.24) is 9.55 Å². The van der Waals surface area contributed by atoms with E-state index in [1.54, 1.807) is 22.2 Å². The molecule has 0 spiro atoms. The largest absolute Gasteiger partial charge is 0.294 e. The fraction of sp³-hybridized carbons (Fsp3) is 0.333. The molecule has 118 valence electrons. The molecule has 0 N–H and O–H groups in total. The molecule has 0 bridgehead atoms. The van der Waals surface area contributed by atoms with Gasteiger partial charge in [0.1, 0.15) is 4.83 Å². The molecule has 1 aliphatic rings. The molecule has 1 aliphatic carbocycles. The first-order valence-electron chi connectivity index (χ1n) is 7.89. The summed E-state index contributed by atoms with van der Waals surface area (Å²) in [6, 6.07) is 7.63. The van der Waals surface area contributed by atoms with E-state index in [4.69, 9.17) is 11.6 Å². The van der Waals surface area contributed by atoms with Crippen molar-refractivity contribution in [3.05, 3.63) is 62.0 Å². The van der Waals surface area contributed by atoms with E-state index >= 15 is 0 Å². The fourth-order valence-electron chi connectivity index (χ4n) is 3.44. The molecule has 3 aromatic rings. The van der Waals surface area contributed by atoms with Crippen LogP contribution in [0.5, 0.6) is 0 Å². The van der Waals surface area contributed by atoms with Gasteiger partial charge in [0, 0.05) is 9.90 Å². The predicted molar refractivity (Wildman–Crippen MR) is 95.8 cm³/mol. The van der Waals surface area contributed by atoms with Crippen LogP contribution in [0.15, 0.2) is 35.4 Å². The maximum atomic E-state index is 13.0. The van der Waals surface area contributed by atoms with Crippen molar-refractivity contribution in [3.63, 3.8) is 0 Å². The number of rotatable bonds is 2. The number of benzene rings is 1. The van der Waals surface area contributed by atoms with Gasteiger partial charge >= 0.3 is 0 Å². The van der Waals surface area contributed by atoms with E-state index in [0.29, 0.717) is 17.5 Å². The lowest BCUT2D eigenvalue weighted by Gasteiger charge is -2.18. The second-order valence-electron chi connectivity index (χ2n) is 6.18. The zero-order valence-electron chi connectivity index (χ0n) is 12.9. The maximum absolute atomic E-state index is 13.0. The minimum absolute atomic E-state index is 0.0566. The molecule has 0 saturated carbocycles. The fourth-order valence-corrected chi connectivity index (χ4v) is 4.92. The Bertz CT molecular complexity index is 944. The van der Waals surface area contributed by atoms with Crippen LogP contribution < -0.4 is 5.56 Å². The van der Waals surface area contributed by atoms with Crippen LogP contribution in [0, 0.1) is 0 Å². The first-order valence-corrected chi connectivity index (χ1v) is 9.08. The normalized spacial score (nSPS) is 17.4. The number of aromatic nitrogens is 2. The molecule has 0 aliphatic heterocycles. The lowest BCUT2D eigenvalue weighted by atomic mass is 9.88. The molecule has 0 saturated heterocycles. The average molecular weight is 345 g/mol. The van der Waals surface area contributed by atoms with E-state index in [1.165, 1.54) is 16.9 Å².